The molecule has 1 saturated heterocycles. The summed E-state index contributed by atoms with van der Waals surface area (Å²) < 4.78 is 26.5. The third kappa shape index (κ3) is 5.27. The molecule has 0 saturated carbocycles. The normalized spacial score (nSPS) is 14.0. The number of hydrogen-bond donors (Lipinski definition) is 1. The smallest absolute Gasteiger partial charge is 0.395 e. The number of nitro groups is 1. The van der Waals surface area contributed by atoms with Crippen molar-refractivity contribution in [2.45, 2.75) is 25.3 Å². The van der Waals surface area contributed by atoms with Gasteiger partial charge in [0.25, 0.3) is 5.91 Å². The van der Waals surface area contributed by atoms with Crippen molar-refractivity contribution in [2.75, 3.05) is 23.3 Å². The molecule has 0 bridgehead atoms. The van der Waals surface area contributed by atoms with E-state index in [1.54, 1.807) is 12.1 Å². The van der Waals surface area contributed by atoms with E-state index in [0.717, 1.165) is 11.6 Å². The lowest BCUT2D eigenvalue weighted by molar-refractivity contribution is -0.402. The number of carbonyl (C=O) groups is 1. The first kappa shape index (κ1) is 24.0. The molecule has 3 heterocycles. The van der Waals surface area contributed by atoms with Gasteiger partial charge < -0.3 is 19.1 Å². The summed E-state index contributed by atoms with van der Waals surface area (Å²) in [7, 11) is 0. The van der Waals surface area contributed by atoms with Crippen LogP contribution in [0.1, 0.15) is 40.8 Å². The molecule has 1 N–H and O–H groups in total. The van der Waals surface area contributed by atoms with Crippen LogP contribution in [0.2, 0.25) is 0 Å². The van der Waals surface area contributed by atoms with Crippen LogP contribution in [0.4, 0.5) is 21.6 Å². The Morgan fingerprint density at radius 1 is 1.11 bits per heavy atom. The number of halogens is 1. The van der Waals surface area contributed by atoms with Gasteiger partial charge in [0.15, 0.2) is 5.76 Å². The van der Waals surface area contributed by atoms with Crippen molar-refractivity contribution < 1.29 is 22.9 Å². The van der Waals surface area contributed by atoms with Crippen LogP contribution < -0.4 is 16.0 Å². The fourth-order valence-electron chi connectivity index (χ4n) is 4.29. The second kappa shape index (κ2) is 10.1. The van der Waals surface area contributed by atoms with Gasteiger partial charge in [0.05, 0.1) is 18.3 Å². The number of rotatable bonds is 7. The van der Waals surface area contributed by atoms with Gasteiger partial charge in [-0.15, -0.1) is 5.10 Å². The molecule has 0 atom stereocenters. The molecule has 0 spiro atoms. The fraction of sp³-hybridized carbons (Fsp3) is 0.240. The highest BCUT2D eigenvalue weighted by molar-refractivity contribution is 6.02. The third-order valence-electron chi connectivity index (χ3n) is 6.18. The molecular weight excluding hydrogens is 485 g/mol. The molecule has 1 fully saturated rings. The summed E-state index contributed by atoms with van der Waals surface area (Å²) in [6.07, 6.45) is 1.25. The van der Waals surface area contributed by atoms with E-state index in [9.17, 15) is 24.1 Å². The first-order valence-corrected chi connectivity index (χ1v) is 11.6. The Morgan fingerprint density at radius 2 is 1.86 bits per heavy atom. The summed E-state index contributed by atoms with van der Waals surface area (Å²) in [6, 6.07) is 16.0. The quantitative estimate of drug-likeness (QED) is 0.291. The number of benzene rings is 2. The molecule has 190 valence electrons. The summed E-state index contributed by atoms with van der Waals surface area (Å²) in [5.74, 6) is -2.24. The van der Waals surface area contributed by atoms with E-state index < -0.39 is 28.3 Å². The van der Waals surface area contributed by atoms with Crippen molar-refractivity contribution in [2.24, 2.45) is 0 Å². The SMILES string of the molecule is O=C(Nc1ccc(N2CCC(c3nn(Cc4ccccc4)c(=O)o3)CC2)c(F)c1)c1ccc([N+](=O)[O-])o1. The van der Waals surface area contributed by atoms with Crippen molar-refractivity contribution in [1.82, 2.24) is 9.78 Å². The van der Waals surface area contributed by atoms with E-state index >= 15 is 0 Å². The van der Waals surface area contributed by atoms with Crippen LogP contribution in [0.25, 0.3) is 0 Å². The van der Waals surface area contributed by atoms with Gasteiger partial charge in [0.2, 0.25) is 5.89 Å². The number of nitrogens with one attached hydrogen (secondary N) is 1. The van der Waals surface area contributed by atoms with Crippen LogP contribution in [0.3, 0.4) is 0 Å². The van der Waals surface area contributed by atoms with Crippen LogP contribution in [0.15, 0.2) is 74.3 Å². The van der Waals surface area contributed by atoms with E-state index in [2.05, 4.69) is 10.4 Å². The van der Waals surface area contributed by atoms with Gasteiger partial charge in [0, 0.05) is 24.7 Å². The number of piperidine rings is 1. The minimum absolute atomic E-state index is 0.0556. The lowest BCUT2D eigenvalue weighted by Gasteiger charge is -2.32. The average molecular weight is 507 g/mol. The number of aromatic nitrogens is 2. The highest BCUT2D eigenvalue weighted by atomic mass is 19.1. The van der Waals surface area contributed by atoms with Gasteiger partial charge in [-0.2, -0.15) is 4.68 Å². The zero-order valence-electron chi connectivity index (χ0n) is 19.5. The molecule has 0 radical (unpaired) electrons. The molecule has 11 nitrogen and oxygen atoms in total. The van der Waals surface area contributed by atoms with E-state index in [1.807, 2.05) is 35.2 Å². The van der Waals surface area contributed by atoms with Crippen molar-refractivity contribution >= 4 is 23.2 Å². The number of amides is 1. The zero-order valence-corrected chi connectivity index (χ0v) is 19.5. The summed E-state index contributed by atoms with van der Waals surface area (Å²) in [4.78, 5) is 36.3. The van der Waals surface area contributed by atoms with Gasteiger partial charge >= 0.3 is 11.6 Å². The lowest BCUT2D eigenvalue weighted by atomic mass is 9.96. The largest absolute Gasteiger partial charge is 0.437 e. The summed E-state index contributed by atoms with van der Waals surface area (Å²) in [6.45, 7) is 1.38. The topological polar surface area (TPSA) is 137 Å². The van der Waals surface area contributed by atoms with Gasteiger partial charge in [-0.25, -0.2) is 9.18 Å². The maximum absolute atomic E-state index is 14.9. The maximum atomic E-state index is 14.9. The minimum Gasteiger partial charge on any atom is -0.395 e. The second-order valence-corrected chi connectivity index (χ2v) is 8.63. The molecule has 1 aliphatic rings. The van der Waals surface area contributed by atoms with Crippen molar-refractivity contribution in [3.8, 4) is 0 Å². The summed E-state index contributed by atoms with van der Waals surface area (Å²) in [5, 5.41) is 17.6. The van der Waals surface area contributed by atoms with Crippen LogP contribution in [-0.4, -0.2) is 33.7 Å². The molecule has 4 aromatic rings. The van der Waals surface area contributed by atoms with Crippen molar-refractivity contribution in [3.05, 3.63) is 104 Å². The second-order valence-electron chi connectivity index (χ2n) is 8.63. The van der Waals surface area contributed by atoms with Gasteiger partial charge in [-0.3, -0.25) is 14.9 Å². The molecule has 5 rings (SSSR count). The Morgan fingerprint density at radius 3 is 2.54 bits per heavy atom. The zero-order chi connectivity index (χ0) is 25.9. The Labute approximate surface area is 209 Å². The molecule has 2 aromatic carbocycles. The number of carbonyl (C=O) groups excluding carboxylic acids is 1. The fourth-order valence-corrected chi connectivity index (χ4v) is 4.29. The molecule has 37 heavy (non-hydrogen) atoms. The molecule has 12 heteroatoms. The Hall–Kier alpha value is -4.74. The Balaban J connectivity index is 1.20. The summed E-state index contributed by atoms with van der Waals surface area (Å²) >= 11 is 0. The number of anilines is 2. The maximum Gasteiger partial charge on any atom is 0.437 e. The van der Waals surface area contributed by atoms with E-state index in [-0.39, 0.29) is 17.4 Å². The molecule has 1 amide bonds. The molecule has 1 aliphatic heterocycles. The molecular formula is C25H22FN5O6. The molecule has 2 aromatic heterocycles. The van der Waals surface area contributed by atoms with Crippen LogP contribution in [-0.2, 0) is 6.54 Å². The van der Waals surface area contributed by atoms with Crippen LogP contribution in [0.5, 0.6) is 0 Å². The van der Waals surface area contributed by atoms with E-state index in [0.29, 0.717) is 44.1 Å². The molecule has 0 unspecified atom stereocenters. The number of furan rings is 1. The predicted octanol–water partition coefficient (Wildman–Crippen LogP) is 4.16. The standard InChI is InChI=1S/C25H22FN5O6/c26-19-14-18(27-23(32)21-8-9-22(36-21)31(34)35)6-7-20(19)29-12-10-17(11-13-29)24-28-30(25(33)37-24)15-16-4-2-1-3-5-16/h1-9,14,17H,10-13,15H2,(H,27,32). The first-order chi connectivity index (χ1) is 17.9. The van der Waals surface area contributed by atoms with Crippen molar-refractivity contribution in [1.29, 1.82) is 0 Å². The van der Waals surface area contributed by atoms with Gasteiger partial charge in [-0.1, -0.05) is 30.3 Å². The Bertz CT molecular complexity index is 1490. The van der Waals surface area contributed by atoms with Crippen LogP contribution in [0, 0.1) is 15.9 Å². The lowest BCUT2D eigenvalue weighted by Crippen LogP contribution is -2.33. The predicted molar refractivity (Wildman–Crippen MR) is 130 cm³/mol. The first-order valence-electron chi connectivity index (χ1n) is 11.6. The van der Waals surface area contributed by atoms with Crippen LogP contribution >= 0.6 is 0 Å². The Kier molecular flexibility index (Phi) is 6.54. The molecule has 0 aliphatic carbocycles. The van der Waals surface area contributed by atoms with Gasteiger partial charge in [0.1, 0.15) is 10.7 Å². The van der Waals surface area contributed by atoms with E-state index in [1.165, 1.54) is 16.8 Å². The highest BCUT2D eigenvalue weighted by Gasteiger charge is 2.27. The van der Waals surface area contributed by atoms with Gasteiger partial charge in [-0.05, 0) is 42.7 Å². The highest BCUT2D eigenvalue weighted by Crippen LogP contribution is 2.31. The third-order valence-corrected chi connectivity index (χ3v) is 6.18. The summed E-state index contributed by atoms with van der Waals surface area (Å²) in [5.41, 5.74) is 1.51. The minimum atomic E-state index is -0.752. The van der Waals surface area contributed by atoms with Crippen molar-refractivity contribution in [3.63, 3.8) is 0 Å². The van der Waals surface area contributed by atoms with E-state index in [4.69, 9.17) is 8.83 Å². The number of nitrogens with zero attached hydrogens (tertiary/aromatic N) is 4. The monoisotopic (exact) mass is 507 g/mol. The average Bonchev–Trinajstić information content (AvgIpc) is 3.53. The number of hydrogen-bond acceptors (Lipinski definition) is 8.